The first-order valence-corrected chi connectivity index (χ1v) is 7.34. The van der Waals surface area contributed by atoms with E-state index in [9.17, 15) is 13.6 Å². The Morgan fingerprint density at radius 1 is 1.29 bits per heavy atom. The Balaban J connectivity index is 2.15. The smallest absolute Gasteiger partial charge is 0.323 e. The molecule has 0 aliphatic carbocycles. The largest absolute Gasteiger partial charge is 0.344 e. The van der Waals surface area contributed by atoms with Crippen LogP contribution in [0.25, 0.3) is 0 Å². The number of halogens is 2. The lowest BCUT2D eigenvalue weighted by Crippen LogP contribution is -2.34. The molecule has 1 heterocycles. The van der Waals surface area contributed by atoms with Crippen molar-refractivity contribution in [1.82, 2.24) is 14.7 Å². The summed E-state index contributed by atoms with van der Waals surface area (Å²) in [5.74, 6) is -1.27. The van der Waals surface area contributed by atoms with Gasteiger partial charge in [0, 0.05) is 30.2 Å². The molecule has 1 amide bonds. The standard InChI is InChI=1S/C14H15F2N3OS/c1-3-18(4-2)14(20)19-8-7-13(17-19)21-12-6-5-10(15)9-11(12)16/h5-9H,3-4H2,1-2H3. The van der Waals surface area contributed by atoms with Crippen LogP contribution in [0.3, 0.4) is 0 Å². The van der Waals surface area contributed by atoms with Crippen molar-refractivity contribution >= 4 is 17.8 Å². The van der Waals surface area contributed by atoms with Gasteiger partial charge in [0.2, 0.25) is 0 Å². The van der Waals surface area contributed by atoms with Crippen molar-refractivity contribution in [2.24, 2.45) is 0 Å². The number of benzene rings is 1. The normalized spacial score (nSPS) is 10.7. The van der Waals surface area contributed by atoms with Crippen molar-refractivity contribution < 1.29 is 13.6 Å². The van der Waals surface area contributed by atoms with E-state index < -0.39 is 11.6 Å². The number of carbonyl (C=O) groups is 1. The minimum absolute atomic E-state index is 0.230. The Hall–Kier alpha value is -1.89. The Morgan fingerprint density at radius 2 is 2.00 bits per heavy atom. The second-order valence-corrected chi connectivity index (χ2v) is 5.29. The molecule has 0 N–H and O–H groups in total. The first kappa shape index (κ1) is 15.5. The van der Waals surface area contributed by atoms with E-state index in [-0.39, 0.29) is 10.9 Å². The van der Waals surface area contributed by atoms with E-state index in [0.29, 0.717) is 18.1 Å². The van der Waals surface area contributed by atoms with Gasteiger partial charge in [-0.25, -0.2) is 13.6 Å². The lowest BCUT2D eigenvalue weighted by atomic mass is 10.3. The van der Waals surface area contributed by atoms with E-state index in [1.807, 2.05) is 13.8 Å². The number of nitrogens with zero attached hydrogens (tertiary/aromatic N) is 3. The lowest BCUT2D eigenvalue weighted by Gasteiger charge is -2.17. The molecule has 1 aromatic carbocycles. The molecule has 0 fully saturated rings. The van der Waals surface area contributed by atoms with Crippen molar-refractivity contribution in [1.29, 1.82) is 0 Å². The first-order valence-electron chi connectivity index (χ1n) is 6.53. The van der Waals surface area contributed by atoms with Crippen LogP contribution in [-0.4, -0.2) is 33.8 Å². The molecule has 0 saturated heterocycles. The summed E-state index contributed by atoms with van der Waals surface area (Å²) in [5, 5.41) is 4.59. The molecule has 0 saturated carbocycles. The molecular formula is C14H15F2N3OS. The molecule has 2 aromatic rings. The van der Waals surface area contributed by atoms with E-state index in [0.717, 1.165) is 17.8 Å². The van der Waals surface area contributed by atoms with Crippen molar-refractivity contribution in [2.45, 2.75) is 23.8 Å². The summed E-state index contributed by atoms with van der Waals surface area (Å²) in [6.45, 7) is 4.94. The Bertz CT molecular complexity index is 641. The highest BCUT2D eigenvalue weighted by Gasteiger charge is 2.14. The molecule has 0 atom stereocenters. The first-order chi connectivity index (χ1) is 10.0. The predicted octanol–water partition coefficient (Wildman–Crippen LogP) is 3.62. The molecule has 0 unspecified atom stereocenters. The van der Waals surface area contributed by atoms with Gasteiger partial charge in [-0.1, -0.05) is 11.8 Å². The van der Waals surface area contributed by atoms with E-state index >= 15 is 0 Å². The zero-order chi connectivity index (χ0) is 15.4. The maximum absolute atomic E-state index is 13.6. The highest BCUT2D eigenvalue weighted by Crippen LogP contribution is 2.28. The molecule has 112 valence electrons. The second-order valence-electron chi connectivity index (χ2n) is 4.23. The molecule has 0 bridgehead atoms. The highest BCUT2D eigenvalue weighted by atomic mass is 32.2. The third-order valence-corrected chi connectivity index (χ3v) is 3.88. The zero-order valence-corrected chi connectivity index (χ0v) is 12.5. The summed E-state index contributed by atoms with van der Waals surface area (Å²) < 4.78 is 27.6. The van der Waals surface area contributed by atoms with Gasteiger partial charge in [-0.05, 0) is 32.0 Å². The van der Waals surface area contributed by atoms with E-state index in [4.69, 9.17) is 0 Å². The number of aromatic nitrogens is 2. The molecule has 21 heavy (non-hydrogen) atoms. The quantitative estimate of drug-likeness (QED) is 0.865. The molecule has 0 radical (unpaired) electrons. The average molecular weight is 311 g/mol. The maximum atomic E-state index is 13.6. The van der Waals surface area contributed by atoms with Crippen LogP contribution < -0.4 is 0 Å². The van der Waals surface area contributed by atoms with Crippen molar-refractivity contribution in [2.75, 3.05) is 13.1 Å². The Morgan fingerprint density at radius 3 is 2.62 bits per heavy atom. The SMILES string of the molecule is CCN(CC)C(=O)n1ccc(Sc2ccc(F)cc2F)n1. The molecule has 4 nitrogen and oxygen atoms in total. The van der Waals surface area contributed by atoms with Gasteiger partial charge in [-0.3, -0.25) is 0 Å². The zero-order valence-electron chi connectivity index (χ0n) is 11.7. The van der Waals surface area contributed by atoms with Gasteiger partial charge in [0.15, 0.2) is 0 Å². The van der Waals surface area contributed by atoms with Crippen LogP contribution in [0.1, 0.15) is 13.8 Å². The van der Waals surface area contributed by atoms with Crippen LogP contribution in [0.5, 0.6) is 0 Å². The summed E-state index contributed by atoms with van der Waals surface area (Å²) >= 11 is 1.04. The number of hydrogen-bond donors (Lipinski definition) is 0. The molecular weight excluding hydrogens is 296 g/mol. The molecule has 0 aliphatic rings. The topological polar surface area (TPSA) is 38.1 Å². The fourth-order valence-electron chi connectivity index (χ4n) is 1.78. The summed E-state index contributed by atoms with van der Waals surface area (Å²) in [7, 11) is 0. The van der Waals surface area contributed by atoms with Gasteiger partial charge in [0.05, 0.1) is 0 Å². The monoisotopic (exact) mass is 311 g/mol. The van der Waals surface area contributed by atoms with Crippen molar-refractivity contribution in [3.05, 3.63) is 42.1 Å². The lowest BCUT2D eigenvalue weighted by molar-refractivity contribution is 0.201. The van der Waals surface area contributed by atoms with Crippen LogP contribution in [0.2, 0.25) is 0 Å². The summed E-state index contributed by atoms with van der Waals surface area (Å²) in [6, 6.07) is 4.74. The van der Waals surface area contributed by atoms with Crippen molar-refractivity contribution in [3.8, 4) is 0 Å². The van der Waals surface area contributed by atoms with Crippen LogP contribution in [0, 0.1) is 11.6 Å². The number of amides is 1. The summed E-state index contributed by atoms with van der Waals surface area (Å²) in [4.78, 5) is 14.0. The van der Waals surface area contributed by atoms with E-state index in [2.05, 4.69) is 5.10 Å². The predicted molar refractivity (Wildman–Crippen MR) is 76.4 cm³/mol. The second kappa shape index (κ2) is 6.71. The van der Waals surface area contributed by atoms with Gasteiger partial charge in [0.25, 0.3) is 0 Å². The van der Waals surface area contributed by atoms with Crippen LogP contribution >= 0.6 is 11.8 Å². The number of hydrogen-bond acceptors (Lipinski definition) is 3. The maximum Gasteiger partial charge on any atom is 0.344 e. The van der Waals surface area contributed by atoms with Gasteiger partial charge >= 0.3 is 6.03 Å². The fraction of sp³-hybridized carbons (Fsp3) is 0.286. The van der Waals surface area contributed by atoms with Gasteiger partial charge in [0.1, 0.15) is 16.7 Å². The van der Waals surface area contributed by atoms with Gasteiger partial charge in [-0.2, -0.15) is 9.78 Å². The van der Waals surface area contributed by atoms with Crippen LogP contribution in [-0.2, 0) is 0 Å². The average Bonchev–Trinajstić information content (AvgIpc) is 2.92. The molecule has 0 aliphatic heterocycles. The van der Waals surface area contributed by atoms with Gasteiger partial charge in [-0.15, -0.1) is 0 Å². The summed E-state index contributed by atoms with van der Waals surface area (Å²) in [6.07, 6.45) is 1.53. The van der Waals surface area contributed by atoms with Gasteiger partial charge < -0.3 is 4.90 Å². The molecule has 0 spiro atoms. The number of carbonyl (C=O) groups excluding carboxylic acids is 1. The third-order valence-electron chi connectivity index (χ3n) is 2.90. The van der Waals surface area contributed by atoms with Crippen LogP contribution in [0.4, 0.5) is 13.6 Å². The highest BCUT2D eigenvalue weighted by molar-refractivity contribution is 7.99. The molecule has 1 aromatic heterocycles. The fourth-order valence-corrected chi connectivity index (χ4v) is 2.55. The minimum atomic E-state index is -0.649. The molecule has 2 rings (SSSR count). The third kappa shape index (κ3) is 3.60. The van der Waals surface area contributed by atoms with E-state index in [1.165, 1.54) is 23.0 Å². The minimum Gasteiger partial charge on any atom is -0.323 e. The Kier molecular flexibility index (Phi) is 4.95. The summed E-state index contributed by atoms with van der Waals surface area (Å²) in [5.41, 5.74) is 0. The van der Waals surface area contributed by atoms with Crippen molar-refractivity contribution in [3.63, 3.8) is 0 Å². The Labute approximate surface area is 125 Å². The number of rotatable bonds is 4. The van der Waals surface area contributed by atoms with Crippen LogP contribution in [0.15, 0.2) is 40.4 Å². The van der Waals surface area contributed by atoms with E-state index in [1.54, 1.807) is 11.0 Å². The molecule has 7 heteroatoms.